The molecule has 174 valence electrons. The number of fused-ring (bicyclic) bond motifs is 2. The van der Waals surface area contributed by atoms with Crippen LogP contribution in [0.3, 0.4) is 0 Å². The molecule has 1 atom stereocenters. The van der Waals surface area contributed by atoms with Crippen molar-refractivity contribution in [3.05, 3.63) is 117 Å². The van der Waals surface area contributed by atoms with Gasteiger partial charge in [0.1, 0.15) is 0 Å². The molecule has 0 amide bonds. The van der Waals surface area contributed by atoms with Crippen molar-refractivity contribution in [3.63, 3.8) is 0 Å². The van der Waals surface area contributed by atoms with E-state index in [9.17, 15) is 9.59 Å². The summed E-state index contributed by atoms with van der Waals surface area (Å²) in [5.74, 6) is -0.422. The highest BCUT2D eigenvalue weighted by molar-refractivity contribution is 6.32. The summed E-state index contributed by atoms with van der Waals surface area (Å²) in [7, 11) is 0. The lowest BCUT2D eigenvalue weighted by Crippen LogP contribution is -2.39. The fourth-order valence-corrected chi connectivity index (χ4v) is 6.15. The van der Waals surface area contributed by atoms with E-state index in [0.29, 0.717) is 28.2 Å². The van der Waals surface area contributed by atoms with E-state index >= 15 is 0 Å². The molecule has 3 nitrogen and oxygen atoms in total. The van der Waals surface area contributed by atoms with E-state index in [-0.39, 0.29) is 17.0 Å². The monoisotopic (exact) mass is 479 g/mol. The Morgan fingerprint density at radius 2 is 1.49 bits per heavy atom. The molecule has 0 radical (unpaired) electrons. The number of hydrogen-bond acceptors (Lipinski definition) is 3. The Morgan fingerprint density at radius 1 is 0.829 bits per heavy atom. The van der Waals surface area contributed by atoms with Gasteiger partial charge in [0.05, 0.1) is 5.70 Å². The standard InChI is InChI=1S/C31H26ClNO2/c1-18-12-14-19(15-13-18)33-24-16-31(2,3)17-25(34)27(24)26(22-10-6-7-11-23(22)32)28-29(33)20-8-4-5-9-21(20)30(28)35/h4-15,26H,16-17H2,1-3H3. The smallest absolute Gasteiger partial charge is 0.192 e. The highest BCUT2D eigenvalue weighted by atomic mass is 35.5. The minimum atomic E-state index is -0.487. The first-order valence-corrected chi connectivity index (χ1v) is 12.4. The summed E-state index contributed by atoms with van der Waals surface area (Å²) in [6.45, 7) is 6.35. The molecule has 0 N–H and O–H groups in total. The highest BCUT2D eigenvalue weighted by Crippen LogP contribution is 2.56. The summed E-state index contributed by atoms with van der Waals surface area (Å²) in [5.41, 5.74) is 7.54. The average molecular weight is 480 g/mol. The molecular weight excluding hydrogens is 454 g/mol. The van der Waals surface area contributed by atoms with Crippen molar-refractivity contribution in [2.45, 2.75) is 39.5 Å². The summed E-state index contributed by atoms with van der Waals surface area (Å²) < 4.78 is 0. The highest BCUT2D eigenvalue weighted by Gasteiger charge is 2.49. The Kier molecular flexibility index (Phi) is 4.91. The van der Waals surface area contributed by atoms with Gasteiger partial charge in [-0.1, -0.05) is 85.6 Å². The maximum absolute atomic E-state index is 14.0. The normalized spacial score (nSPS) is 20.7. The summed E-state index contributed by atoms with van der Waals surface area (Å²) in [6.07, 6.45) is 1.17. The molecule has 0 aromatic heterocycles. The molecule has 0 fully saturated rings. The summed E-state index contributed by atoms with van der Waals surface area (Å²) >= 11 is 6.73. The lowest BCUT2D eigenvalue weighted by molar-refractivity contribution is -0.118. The Labute approximate surface area is 210 Å². The van der Waals surface area contributed by atoms with Gasteiger partial charge in [0.2, 0.25) is 0 Å². The SMILES string of the molecule is Cc1ccc(N2C3=C(C(=O)CC(C)(C)C3)C(c3ccccc3Cl)C3=C2c2ccccc2C3=O)cc1. The number of benzene rings is 3. The quantitative estimate of drug-likeness (QED) is 0.381. The third kappa shape index (κ3) is 3.33. The fourth-order valence-electron chi connectivity index (χ4n) is 5.90. The number of Topliss-reactive ketones (excluding diaryl/α,β-unsaturated/α-hetero) is 2. The van der Waals surface area contributed by atoms with Crippen molar-refractivity contribution in [2.24, 2.45) is 5.41 Å². The van der Waals surface area contributed by atoms with Crippen molar-refractivity contribution < 1.29 is 9.59 Å². The number of halogens is 1. The number of ketones is 2. The van der Waals surface area contributed by atoms with Gasteiger partial charge < -0.3 is 4.90 Å². The van der Waals surface area contributed by atoms with Gasteiger partial charge in [-0.2, -0.15) is 0 Å². The fraction of sp³-hybridized carbons (Fsp3) is 0.226. The lowest BCUT2D eigenvalue weighted by Gasteiger charge is -2.44. The molecule has 4 heteroatoms. The molecule has 0 bridgehead atoms. The van der Waals surface area contributed by atoms with Gasteiger partial charge in [-0.15, -0.1) is 0 Å². The van der Waals surface area contributed by atoms with E-state index in [2.05, 4.69) is 49.9 Å². The molecule has 0 saturated carbocycles. The van der Waals surface area contributed by atoms with Crippen LogP contribution in [0.2, 0.25) is 5.02 Å². The molecule has 2 aliphatic carbocycles. The average Bonchev–Trinajstić information content (AvgIpc) is 3.11. The third-order valence-corrected chi connectivity index (χ3v) is 7.75. The molecule has 3 aliphatic rings. The molecule has 35 heavy (non-hydrogen) atoms. The van der Waals surface area contributed by atoms with E-state index < -0.39 is 5.92 Å². The number of carbonyl (C=O) groups is 2. The first kappa shape index (κ1) is 22.1. The second-order valence-electron chi connectivity index (χ2n) is 10.6. The van der Waals surface area contributed by atoms with E-state index in [1.807, 2.05) is 48.5 Å². The largest absolute Gasteiger partial charge is 0.313 e. The van der Waals surface area contributed by atoms with E-state index in [1.165, 1.54) is 0 Å². The number of allylic oxidation sites excluding steroid dienone is 3. The Bertz CT molecular complexity index is 1480. The molecule has 0 spiro atoms. The van der Waals surface area contributed by atoms with Crippen LogP contribution in [0.5, 0.6) is 0 Å². The Hall–Kier alpha value is -3.43. The van der Waals surface area contributed by atoms with Crippen LogP contribution >= 0.6 is 11.6 Å². The zero-order chi connectivity index (χ0) is 24.5. The zero-order valence-electron chi connectivity index (χ0n) is 20.1. The molecule has 0 saturated heterocycles. The lowest BCUT2D eigenvalue weighted by atomic mass is 9.68. The molecule has 1 heterocycles. The maximum atomic E-state index is 14.0. The molecule has 3 aromatic carbocycles. The predicted molar refractivity (Wildman–Crippen MR) is 141 cm³/mol. The van der Waals surface area contributed by atoms with Crippen molar-refractivity contribution in [1.82, 2.24) is 0 Å². The predicted octanol–water partition coefficient (Wildman–Crippen LogP) is 7.50. The van der Waals surface area contributed by atoms with Crippen LogP contribution in [-0.2, 0) is 4.79 Å². The van der Waals surface area contributed by atoms with Crippen LogP contribution in [0.4, 0.5) is 5.69 Å². The number of aryl methyl sites for hydroxylation is 1. The van der Waals surface area contributed by atoms with E-state index in [1.54, 1.807) is 0 Å². The van der Waals surface area contributed by atoms with Crippen LogP contribution in [0.1, 0.15) is 59.7 Å². The minimum Gasteiger partial charge on any atom is -0.313 e. The first-order valence-electron chi connectivity index (χ1n) is 12.0. The Morgan fingerprint density at radius 3 is 2.20 bits per heavy atom. The second-order valence-corrected chi connectivity index (χ2v) is 11.0. The second kappa shape index (κ2) is 7.79. The van der Waals surface area contributed by atoms with Crippen LogP contribution in [0.15, 0.2) is 89.6 Å². The molecule has 1 aliphatic heterocycles. The van der Waals surface area contributed by atoms with Crippen molar-refractivity contribution in [3.8, 4) is 0 Å². The van der Waals surface area contributed by atoms with Gasteiger partial charge in [0.15, 0.2) is 11.6 Å². The minimum absolute atomic E-state index is 0.0261. The van der Waals surface area contributed by atoms with Crippen LogP contribution in [-0.4, -0.2) is 11.6 Å². The van der Waals surface area contributed by atoms with Crippen LogP contribution < -0.4 is 4.90 Å². The topological polar surface area (TPSA) is 37.4 Å². The van der Waals surface area contributed by atoms with Crippen LogP contribution in [0, 0.1) is 12.3 Å². The van der Waals surface area contributed by atoms with Gasteiger partial charge in [-0.05, 0) is 42.5 Å². The van der Waals surface area contributed by atoms with Crippen LogP contribution in [0.25, 0.3) is 5.70 Å². The van der Waals surface area contributed by atoms with Crippen molar-refractivity contribution in [2.75, 3.05) is 4.90 Å². The van der Waals surface area contributed by atoms with Gasteiger partial charge in [-0.3, -0.25) is 9.59 Å². The molecule has 6 rings (SSSR count). The van der Waals surface area contributed by atoms with Gasteiger partial charge in [0, 0.05) is 51.0 Å². The van der Waals surface area contributed by atoms with Gasteiger partial charge in [-0.25, -0.2) is 0 Å². The van der Waals surface area contributed by atoms with Crippen molar-refractivity contribution in [1.29, 1.82) is 0 Å². The third-order valence-electron chi connectivity index (χ3n) is 7.40. The van der Waals surface area contributed by atoms with Crippen molar-refractivity contribution >= 4 is 34.6 Å². The van der Waals surface area contributed by atoms with E-state index in [0.717, 1.165) is 40.2 Å². The summed E-state index contributed by atoms with van der Waals surface area (Å²) in [6, 6.07) is 23.7. The number of carbonyl (C=O) groups excluding carboxylic acids is 2. The number of nitrogens with zero attached hydrogens (tertiary/aromatic N) is 1. The first-order chi connectivity index (χ1) is 16.8. The Balaban J connectivity index is 1.72. The zero-order valence-corrected chi connectivity index (χ0v) is 20.8. The molecule has 3 aromatic rings. The number of rotatable bonds is 2. The van der Waals surface area contributed by atoms with Gasteiger partial charge >= 0.3 is 0 Å². The number of anilines is 1. The van der Waals surface area contributed by atoms with Gasteiger partial charge in [0.25, 0.3) is 0 Å². The summed E-state index contributed by atoms with van der Waals surface area (Å²) in [5, 5.41) is 0.571. The molecular formula is C31H26ClNO2. The summed E-state index contributed by atoms with van der Waals surface area (Å²) in [4.78, 5) is 30.1. The number of hydrogen-bond donors (Lipinski definition) is 0. The van der Waals surface area contributed by atoms with E-state index in [4.69, 9.17) is 11.6 Å². The maximum Gasteiger partial charge on any atom is 0.192 e. The molecule has 1 unspecified atom stereocenters.